The summed E-state index contributed by atoms with van der Waals surface area (Å²) >= 11 is 7.19. The molecule has 44 heavy (non-hydrogen) atoms. The van der Waals surface area contributed by atoms with Crippen molar-refractivity contribution in [2.24, 2.45) is 0 Å². The van der Waals surface area contributed by atoms with E-state index >= 15 is 0 Å². The molecular formula is C41H44ClN2+. The maximum absolute atomic E-state index is 7.19. The van der Waals surface area contributed by atoms with E-state index < -0.39 is 0 Å². The second-order valence-electron chi connectivity index (χ2n) is 12.0. The van der Waals surface area contributed by atoms with Crippen molar-refractivity contribution in [3.8, 4) is 0 Å². The number of unbranched alkanes of at least 4 members (excludes halogenated alkanes) is 2. The van der Waals surface area contributed by atoms with E-state index in [0.717, 1.165) is 37.4 Å². The molecule has 0 saturated carbocycles. The number of aromatic nitrogens is 1. The molecule has 0 amide bonds. The number of hydrogen-bond donors (Lipinski definition) is 0. The summed E-state index contributed by atoms with van der Waals surface area (Å²) in [5.74, 6) is 0. The topological polar surface area (TPSA) is 7.94 Å². The Kier molecular flexibility index (Phi) is 8.91. The first-order valence-corrected chi connectivity index (χ1v) is 16.5. The van der Waals surface area contributed by atoms with Crippen LogP contribution in [0.2, 0.25) is 0 Å². The van der Waals surface area contributed by atoms with Crippen molar-refractivity contribution in [1.82, 2.24) is 4.57 Å². The summed E-state index contributed by atoms with van der Waals surface area (Å²) in [7, 11) is 0. The average molecular weight is 600 g/mol. The number of halogens is 1. The molecule has 2 nitrogen and oxygen atoms in total. The highest BCUT2D eigenvalue weighted by Crippen LogP contribution is 2.37. The second kappa shape index (κ2) is 13.0. The van der Waals surface area contributed by atoms with E-state index in [1.165, 1.54) is 91.6 Å². The van der Waals surface area contributed by atoms with E-state index in [0.29, 0.717) is 0 Å². The lowest BCUT2D eigenvalue weighted by Gasteiger charge is -2.16. The molecule has 3 heteroatoms. The van der Waals surface area contributed by atoms with Crippen LogP contribution in [0.3, 0.4) is 0 Å². The predicted molar refractivity (Wildman–Crippen MR) is 192 cm³/mol. The zero-order valence-electron chi connectivity index (χ0n) is 25.4. The maximum Gasteiger partial charge on any atom is 0.214 e. The first kappa shape index (κ1) is 30.2. The number of benzene rings is 4. The van der Waals surface area contributed by atoms with Gasteiger partial charge < -0.3 is 4.57 Å². The van der Waals surface area contributed by atoms with E-state index in [1.807, 2.05) is 0 Å². The molecule has 224 valence electrons. The fourth-order valence-electron chi connectivity index (χ4n) is 7.11. The Hall–Kier alpha value is -3.88. The summed E-state index contributed by atoms with van der Waals surface area (Å²) in [5.41, 5.74) is 7.76. The molecule has 0 unspecified atom stereocenters. The van der Waals surface area contributed by atoms with Crippen molar-refractivity contribution in [3.63, 3.8) is 0 Å². The van der Waals surface area contributed by atoms with Gasteiger partial charge in [-0.3, -0.25) is 0 Å². The lowest BCUT2D eigenvalue weighted by molar-refractivity contribution is -0.436. The molecular weight excluding hydrogens is 556 g/mol. The molecule has 0 bridgehead atoms. The van der Waals surface area contributed by atoms with Gasteiger partial charge in [-0.25, -0.2) is 0 Å². The molecule has 0 spiro atoms. The summed E-state index contributed by atoms with van der Waals surface area (Å²) in [6.07, 6.45) is 17.1. The Balaban J connectivity index is 0.00000343. The fraction of sp³-hybridized carbons (Fsp3) is 0.293. The van der Waals surface area contributed by atoms with Gasteiger partial charge in [-0.05, 0) is 65.8 Å². The monoisotopic (exact) mass is 599 g/mol. The van der Waals surface area contributed by atoms with Crippen molar-refractivity contribution >= 4 is 61.5 Å². The number of aryl methyl sites for hydroxylation is 1. The Morgan fingerprint density at radius 2 is 1.52 bits per heavy atom. The normalized spacial score (nSPS) is 16.5. The smallest absolute Gasteiger partial charge is 0.214 e. The molecule has 2 aliphatic rings. The molecule has 7 rings (SSSR count). The van der Waals surface area contributed by atoms with Gasteiger partial charge in [0, 0.05) is 51.8 Å². The largest absolute Gasteiger partial charge is 0.340 e. The lowest BCUT2D eigenvalue weighted by atomic mass is 9.93. The van der Waals surface area contributed by atoms with E-state index in [-0.39, 0.29) is 7.43 Å². The Morgan fingerprint density at radius 1 is 0.795 bits per heavy atom. The van der Waals surface area contributed by atoms with Crippen molar-refractivity contribution in [2.45, 2.75) is 72.8 Å². The average Bonchev–Trinajstić information content (AvgIpc) is 3.51. The van der Waals surface area contributed by atoms with E-state index in [2.05, 4.69) is 120 Å². The Labute approximate surface area is 267 Å². The summed E-state index contributed by atoms with van der Waals surface area (Å²) in [6, 6.07) is 26.8. The molecule has 0 N–H and O–H groups in total. The van der Waals surface area contributed by atoms with Gasteiger partial charge in [0.1, 0.15) is 6.54 Å². The Bertz CT molecular complexity index is 2020. The molecule has 0 atom stereocenters. The van der Waals surface area contributed by atoms with Crippen LogP contribution in [-0.2, 0) is 6.54 Å². The van der Waals surface area contributed by atoms with Gasteiger partial charge in [0.15, 0.2) is 0 Å². The van der Waals surface area contributed by atoms with Crippen LogP contribution < -0.4 is 5.35 Å². The third-order valence-electron chi connectivity index (χ3n) is 9.29. The first-order chi connectivity index (χ1) is 21.2. The van der Waals surface area contributed by atoms with Crippen LogP contribution in [0.5, 0.6) is 0 Å². The molecule has 1 aromatic heterocycles. The zero-order valence-corrected chi connectivity index (χ0v) is 26.1. The summed E-state index contributed by atoms with van der Waals surface area (Å²) in [6.45, 7) is 6.59. The van der Waals surface area contributed by atoms with Gasteiger partial charge in [-0.2, -0.15) is 4.58 Å². The quantitative estimate of drug-likeness (QED) is 0.149. The fourth-order valence-corrected chi connectivity index (χ4v) is 7.43. The van der Waals surface area contributed by atoms with Crippen LogP contribution in [0, 0.1) is 0 Å². The van der Waals surface area contributed by atoms with Crippen molar-refractivity contribution < 1.29 is 4.58 Å². The summed E-state index contributed by atoms with van der Waals surface area (Å²) in [5, 5.41) is 8.91. The van der Waals surface area contributed by atoms with Crippen LogP contribution >= 0.6 is 11.6 Å². The number of hydrogen-bond acceptors (Lipinski definition) is 0. The third-order valence-corrected chi connectivity index (χ3v) is 9.78. The highest BCUT2D eigenvalue weighted by molar-refractivity contribution is 6.32. The highest BCUT2D eigenvalue weighted by Gasteiger charge is 2.30. The van der Waals surface area contributed by atoms with Crippen LogP contribution in [0.25, 0.3) is 38.5 Å². The minimum Gasteiger partial charge on any atom is -0.340 e. The third kappa shape index (κ3) is 5.24. The SMILES string of the molecule is C.CCCCn1/c(=C/C=C2\CCCC(/C=C/C3=[N+](CCCC)c4cccc5cccc3c45)=C2Cl)c2cccc3cccc1c32. The van der Waals surface area contributed by atoms with Crippen molar-refractivity contribution in [3.05, 3.63) is 118 Å². The molecule has 1 aliphatic heterocycles. The minimum atomic E-state index is 0. The summed E-state index contributed by atoms with van der Waals surface area (Å²) in [4.78, 5) is 0. The number of allylic oxidation sites excluding steroid dienone is 6. The van der Waals surface area contributed by atoms with Gasteiger partial charge >= 0.3 is 0 Å². The predicted octanol–water partition coefficient (Wildman–Crippen LogP) is 11.0. The highest BCUT2D eigenvalue weighted by atomic mass is 35.5. The molecule has 0 saturated heterocycles. The van der Waals surface area contributed by atoms with E-state index in [9.17, 15) is 0 Å². The molecule has 0 fully saturated rings. The van der Waals surface area contributed by atoms with Crippen LogP contribution in [0.15, 0.2) is 107 Å². The van der Waals surface area contributed by atoms with Gasteiger partial charge in [0.2, 0.25) is 11.4 Å². The van der Waals surface area contributed by atoms with Crippen LogP contribution in [0.4, 0.5) is 5.69 Å². The number of rotatable bonds is 9. The Morgan fingerprint density at radius 3 is 2.32 bits per heavy atom. The number of nitrogens with zero attached hydrogens (tertiary/aromatic N) is 2. The van der Waals surface area contributed by atoms with Gasteiger partial charge in [0.25, 0.3) is 0 Å². The maximum atomic E-state index is 7.19. The zero-order chi connectivity index (χ0) is 29.3. The van der Waals surface area contributed by atoms with E-state index in [1.54, 1.807) is 0 Å². The first-order valence-electron chi connectivity index (χ1n) is 16.1. The van der Waals surface area contributed by atoms with Crippen molar-refractivity contribution in [2.75, 3.05) is 6.54 Å². The van der Waals surface area contributed by atoms with E-state index in [4.69, 9.17) is 11.6 Å². The van der Waals surface area contributed by atoms with Crippen molar-refractivity contribution in [1.29, 1.82) is 0 Å². The van der Waals surface area contributed by atoms with Gasteiger partial charge in [-0.1, -0.05) is 112 Å². The van der Waals surface area contributed by atoms with Gasteiger partial charge in [-0.15, -0.1) is 0 Å². The molecule has 1 aliphatic carbocycles. The second-order valence-corrected chi connectivity index (χ2v) is 12.4. The molecule has 4 aromatic carbocycles. The minimum absolute atomic E-state index is 0. The standard InChI is InChI=1S/C40H40ClN2.CH4/c1-3-5-26-42-34(32-18-8-12-28-14-10-20-36(42)38(28)32)24-22-30-16-7-17-31(40(30)41)23-25-35-33-19-9-13-29-15-11-21-37(39(29)33)43(35)27-6-4-2;/h8-15,18-25H,3-7,16-17,26-27H2,1-2H3;1H4/q+1;. The molecule has 0 radical (unpaired) electrons. The van der Waals surface area contributed by atoms with Crippen LogP contribution in [-0.4, -0.2) is 21.4 Å². The molecule has 5 aromatic rings. The lowest BCUT2D eigenvalue weighted by Crippen LogP contribution is -2.16. The summed E-state index contributed by atoms with van der Waals surface area (Å²) < 4.78 is 5.03. The van der Waals surface area contributed by atoms with Gasteiger partial charge in [0.05, 0.1) is 10.9 Å². The molecule has 2 heterocycles. The van der Waals surface area contributed by atoms with Crippen LogP contribution in [0.1, 0.15) is 71.8 Å².